The molecule has 28 heavy (non-hydrogen) atoms. The number of carbonyl (C=O) groups excluding carboxylic acids is 2. The van der Waals surface area contributed by atoms with Crippen LogP contribution in [0.3, 0.4) is 0 Å². The van der Waals surface area contributed by atoms with Crippen molar-refractivity contribution in [3.63, 3.8) is 0 Å². The third-order valence-electron chi connectivity index (χ3n) is 4.24. The molecule has 0 fully saturated rings. The van der Waals surface area contributed by atoms with Crippen LogP contribution in [0.25, 0.3) is 11.1 Å². The van der Waals surface area contributed by atoms with E-state index in [4.69, 9.17) is 4.74 Å². The summed E-state index contributed by atoms with van der Waals surface area (Å²) in [6.07, 6.45) is 0. The van der Waals surface area contributed by atoms with E-state index in [1.165, 1.54) is 25.3 Å². The van der Waals surface area contributed by atoms with Crippen molar-refractivity contribution < 1.29 is 24.2 Å². The molecule has 2 N–H and O–H groups in total. The normalized spacial score (nSPS) is 11.0. The Morgan fingerprint density at radius 1 is 1.00 bits per heavy atom. The third-order valence-corrected chi connectivity index (χ3v) is 4.24. The van der Waals surface area contributed by atoms with Gasteiger partial charge < -0.3 is 15.2 Å². The molecule has 148 valence electrons. The summed E-state index contributed by atoms with van der Waals surface area (Å²) in [4.78, 5) is 36.2. The maximum atomic E-state index is 12.5. The zero-order valence-corrected chi connectivity index (χ0v) is 16.8. The summed E-state index contributed by atoms with van der Waals surface area (Å²) in [6, 6.07) is 9.45. The Labute approximate surface area is 164 Å². The van der Waals surface area contributed by atoms with E-state index in [-0.39, 0.29) is 22.4 Å². The number of benzene rings is 2. The van der Waals surface area contributed by atoms with Crippen LogP contribution >= 0.6 is 0 Å². The van der Waals surface area contributed by atoms with Gasteiger partial charge in [0.2, 0.25) is 0 Å². The molecule has 1 amide bonds. The third kappa shape index (κ3) is 4.97. The zero-order valence-electron chi connectivity index (χ0n) is 16.8. The lowest BCUT2D eigenvalue weighted by molar-refractivity contribution is 0.0600. The predicted molar refractivity (Wildman–Crippen MR) is 107 cm³/mol. The van der Waals surface area contributed by atoms with Crippen molar-refractivity contribution >= 4 is 17.8 Å². The Balaban J connectivity index is 2.52. The lowest BCUT2D eigenvalue weighted by Crippen LogP contribution is -2.32. The van der Waals surface area contributed by atoms with Gasteiger partial charge in [-0.3, -0.25) is 4.79 Å². The van der Waals surface area contributed by atoms with Gasteiger partial charge in [-0.15, -0.1) is 0 Å². The summed E-state index contributed by atoms with van der Waals surface area (Å²) in [5.41, 5.74) is 2.50. The van der Waals surface area contributed by atoms with Gasteiger partial charge in [0.1, 0.15) is 0 Å². The lowest BCUT2D eigenvalue weighted by Gasteiger charge is -2.19. The Kier molecular flexibility index (Phi) is 6.23. The van der Waals surface area contributed by atoms with E-state index in [1.807, 2.05) is 27.7 Å². The number of carbonyl (C=O) groups is 3. The topological polar surface area (TPSA) is 92.7 Å². The average Bonchev–Trinajstić information content (AvgIpc) is 2.64. The molecular weight excluding hydrogens is 358 g/mol. The van der Waals surface area contributed by atoms with Crippen LogP contribution in [0.4, 0.5) is 0 Å². The summed E-state index contributed by atoms with van der Waals surface area (Å²) in [6.45, 7) is 8.34. The number of aryl methyl sites for hydroxylation is 1. The molecule has 2 aromatic carbocycles. The number of nitrogens with one attached hydrogen (secondary N) is 1. The van der Waals surface area contributed by atoms with Gasteiger partial charge in [0, 0.05) is 12.1 Å². The Morgan fingerprint density at radius 2 is 1.64 bits per heavy atom. The van der Waals surface area contributed by atoms with Gasteiger partial charge in [-0.05, 0) is 53.3 Å². The van der Waals surface area contributed by atoms with Crippen molar-refractivity contribution in [2.45, 2.75) is 27.7 Å². The second-order valence-corrected chi connectivity index (χ2v) is 7.83. The number of methoxy groups -OCH3 is 1. The van der Waals surface area contributed by atoms with Crippen molar-refractivity contribution in [2.75, 3.05) is 13.7 Å². The number of carboxylic acids is 1. The first-order valence-corrected chi connectivity index (χ1v) is 8.88. The standard InChI is InChI=1S/C22H25NO5/c1-13-6-7-15(20(25)26)11-17(13)16-9-8-14(10-18(16)21(27)28-5)19(24)23-12-22(2,3)4/h6-11H,12H2,1-5H3,(H,23,24)(H,25,26). The fourth-order valence-electron chi connectivity index (χ4n) is 2.69. The average molecular weight is 383 g/mol. The van der Waals surface area contributed by atoms with Crippen molar-refractivity contribution in [2.24, 2.45) is 5.41 Å². The van der Waals surface area contributed by atoms with Crippen molar-refractivity contribution in [3.05, 3.63) is 58.7 Å². The highest BCUT2D eigenvalue weighted by atomic mass is 16.5. The minimum atomic E-state index is -1.06. The number of amides is 1. The van der Waals surface area contributed by atoms with E-state index in [2.05, 4.69) is 5.32 Å². The first-order valence-electron chi connectivity index (χ1n) is 8.88. The largest absolute Gasteiger partial charge is 0.478 e. The molecule has 0 saturated heterocycles. The lowest BCUT2D eigenvalue weighted by atomic mass is 9.92. The summed E-state index contributed by atoms with van der Waals surface area (Å²) in [5.74, 6) is -1.94. The van der Waals surface area contributed by atoms with Crippen LogP contribution in [0.1, 0.15) is 57.4 Å². The number of aromatic carboxylic acids is 1. The summed E-state index contributed by atoms with van der Waals surface area (Å²) < 4.78 is 4.88. The molecule has 2 aromatic rings. The molecule has 0 unspecified atom stereocenters. The Bertz CT molecular complexity index is 925. The summed E-state index contributed by atoms with van der Waals surface area (Å²) >= 11 is 0. The van der Waals surface area contributed by atoms with Gasteiger partial charge >= 0.3 is 11.9 Å². The quantitative estimate of drug-likeness (QED) is 0.764. The van der Waals surface area contributed by atoms with Crippen LogP contribution in [-0.2, 0) is 4.74 Å². The van der Waals surface area contributed by atoms with Gasteiger partial charge in [-0.1, -0.05) is 32.9 Å². The second-order valence-electron chi connectivity index (χ2n) is 7.83. The van der Waals surface area contributed by atoms with Crippen molar-refractivity contribution in [1.29, 1.82) is 0 Å². The van der Waals surface area contributed by atoms with Gasteiger partial charge in [-0.2, -0.15) is 0 Å². The first kappa shape index (κ1) is 21.2. The van der Waals surface area contributed by atoms with Crippen molar-refractivity contribution in [3.8, 4) is 11.1 Å². The van der Waals surface area contributed by atoms with E-state index in [0.29, 0.717) is 23.2 Å². The van der Waals surface area contributed by atoms with Gasteiger partial charge in [0.25, 0.3) is 5.91 Å². The summed E-state index contributed by atoms with van der Waals surface area (Å²) in [7, 11) is 1.26. The van der Waals surface area contributed by atoms with E-state index >= 15 is 0 Å². The monoisotopic (exact) mass is 383 g/mol. The molecule has 0 atom stereocenters. The highest BCUT2D eigenvalue weighted by molar-refractivity contribution is 6.03. The predicted octanol–water partition coefficient (Wildman–Crippen LogP) is 3.92. The Hall–Kier alpha value is -3.15. The molecule has 2 rings (SSSR count). The SMILES string of the molecule is COC(=O)c1cc(C(=O)NCC(C)(C)C)ccc1-c1cc(C(=O)O)ccc1C. The van der Waals surface area contributed by atoms with E-state index < -0.39 is 11.9 Å². The number of ether oxygens (including phenoxy) is 1. The first-order chi connectivity index (χ1) is 13.0. The molecule has 0 saturated carbocycles. The Morgan fingerprint density at radius 3 is 2.21 bits per heavy atom. The smallest absolute Gasteiger partial charge is 0.338 e. The number of esters is 1. The van der Waals surface area contributed by atoms with Crippen LogP contribution < -0.4 is 5.32 Å². The van der Waals surface area contributed by atoms with Crippen molar-refractivity contribution in [1.82, 2.24) is 5.32 Å². The van der Waals surface area contributed by atoms with Crippen LogP contribution in [0.5, 0.6) is 0 Å². The van der Waals surface area contributed by atoms with Gasteiger partial charge in [0.15, 0.2) is 0 Å². The molecule has 0 aromatic heterocycles. The van der Waals surface area contributed by atoms with Gasteiger partial charge in [0.05, 0.1) is 18.2 Å². The van der Waals surface area contributed by atoms with E-state index in [9.17, 15) is 19.5 Å². The molecule has 0 aliphatic heterocycles. The fourth-order valence-corrected chi connectivity index (χ4v) is 2.69. The van der Waals surface area contributed by atoms with Crippen LogP contribution in [-0.4, -0.2) is 36.6 Å². The molecule has 0 heterocycles. The van der Waals surface area contributed by atoms with Gasteiger partial charge in [-0.25, -0.2) is 9.59 Å². The number of rotatable bonds is 5. The van der Waals surface area contributed by atoms with Crippen LogP contribution in [0, 0.1) is 12.3 Å². The number of carboxylic acid groups (broad SMARTS) is 1. The molecule has 0 spiro atoms. The maximum Gasteiger partial charge on any atom is 0.338 e. The maximum absolute atomic E-state index is 12.5. The highest BCUT2D eigenvalue weighted by Gasteiger charge is 2.20. The molecule has 0 aliphatic carbocycles. The van der Waals surface area contributed by atoms with Crippen LogP contribution in [0.2, 0.25) is 0 Å². The van der Waals surface area contributed by atoms with E-state index in [0.717, 1.165) is 5.56 Å². The van der Waals surface area contributed by atoms with Crippen LogP contribution in [0.15, 0.2) is 36.4 Å². The highest BCUT2D eigenvalue weighted by Crippen LogP contribution is 2.29. The minimum absolute atomic E-state index is 0.0742. The molecular formula is C22H25NO5. The number of hydrogen-bond donors (Lipinski definition) is 2. The second kappa shape index (κ2) is 8.25. The zero-order chi connectivity index (χ0) is 21.1. The molecule has 0 aliphatic rings. The minimum Gasteiger partial charge on any atom is -0.478 e. The van der Waals surface area contributed by atoms with E-state index in [1.54, 1.807) is 18.2 Å². The number of hydrogen-bond acceptors (Lipinski definition) is 4. The molecule has 0 bridgehead atoms. The fraction of sp³-hybridized carbons (Fsp3) is 0.318. The molecule has 0 radical (unpaired) electrons. The summed E-state index contributed by atoms with van der Waals surface area (Å²) in [5, 5.41) is 12.1. The molecule has 6 nitrogen and oxygen atoms in total. The molecule has 6 heteroatoms.